The highest BCUT2D eigenvalue weighted by atomic mass is 35.5. The lowest BCUT2D eigenvalue weighted by Gasteiger charge is -2.15. The van der Waals surface area contributed by atoms with E-state index in [-0.39, 0.29) is 24.8 Å². The van der Waals surface area contributed by atoms with Gasteiger partial charge in [-0.15, -0.1) is 12.4 Å². The van der Waals surface area contributed by atoms with Crippen LogP contribution in [0.25, 0.3) is 0 Å². The first-order valence-corrected chi connectivity index (χ1v) is 3.89. The molecule has 0 aliphatic heterocycles. The minimum atomic E-state index is -0.918. The molecule has 0 amide bonds. The van der Waals surface area contributed by atoms with E-state index >= 15 is 0 Å². The SMILES string of the molecule is Cl.NC(C(=O)O)C1=CCCCC1.[Cl-]. The minimum absolute atomic E-state index is 0. The monoisotopic (exact) mass is 226 g/mol. The van der Waals surface area contributed by atoms with Gasteiger partial charge in [-0.1, -0.05) is 6.08 Å². The van der Waals surface area contributed by atoms with Crippen molar-refractivity contribution in [3.8, 4) is 0 Å². The van der Waals surface area contributed by atoms with Crippen LogP contribution in [-0.2, 0) is 4.79 Å². The summed E-state index contributed by atoms with van der Waals surface area (Å²) in [7, 11) is 0. The summed E-state index contributed by atoms with van der Waals surface area (Å²) in [5, 5.41) is 8.57. The molecule has 5 heteroatoms. The second kappa shape index (κ2) is 7.18. The zero-order valence-electron chi connectivity index (χ0n) is 7.20. The third-order valence-electron chi connectivity index (χ3n) is 1.99. The lowest BCUT2D eigenvalue weighted by Crippen LogP contribution is -3.00. The third-order valence-corrected chi connectivity index (χ3v) is 1.99. The lowest BCUT2D eigenvalue weighted by molar-refractivity contribution is -0.137. The van der Waals surface area contributed by atoms with Crippen LogP contribution in [0.15, 0.2) is 11.6 Å². The number of carboxylic acids is 1. The predicted octanol–water partition coefficient (Wildman–Crippen LogP) is -1.68. The summed E-state index contributed by atoms with van der Waals surface area (Å²) in [6.07, 6.45) is 6.04. The number of rotatable bonds is 2. The van der Waals surface area contributed by atoms with Gasteiger partial charge in [0.1, 0.15) is 6.04 Å². The zero-order valence-corrected chi connectivity index (χ0v) is 8.77. The molecule has 78 valence electrons. The van der Waals surface area contributed by atoms with Gasteiger partial charge in [-0.05, 0) is 31.3 Å². The van der Waals surface area contributed by atoms with Crippen LogP contribution in [0.3, 0.4) is 0 Å². The summed E-state index contributed by atoms with van der Waals surface area (Å²) < 4.78 is 0. The van der Waals surface area contributed by atoms with Crippen LogP contribution in [0, 0.1) is 0 Å². The molecule has 1 rings (SSSR count). The van der Waals surface area contributed by atoms with Crippen LogP contribution in [0.1, 0.15) is 25.7 Å². The molecule has 0 aromatic carbocycles. The van der Waals surface area contributed by atoms with E-state index in [1.165, 1.54) is 0 Å². The molecule has 1 atom stereocenters. The van der Waals surface area contributed by atoms with Crippen LogP contribution in [0.5, 0.6) is 0 Å². The van der Waals surface area contributed by atoms with Gasteiger partial charge in [-0.2, -0.15) is 0 Å². The number of carbonyl (C=O) groups is 1. The molecule has 0 bridgehead atoms. The second-order valence-electron chi connectivity index (χ2n) is 2.84. The molecule has 1 unspecified atom stereocenters. The van der Waals surface area contributed by atoms with Gasteiger partial charge in [0.15, 0.2) is 0 Å². The number of halogens is 2. The molecular formula is C8H14Cl2NO2-. The van der Waals surface area contributed by atoms with Crippen molar-refractivity contribution in [2.75, 3.05) is 0 Å². The average Bonchev–Trinajstić information content (AvgIpc) is 2.05. The molecule has 0 radical (unpaired) electrons. The minimum Gasteiger partial charge on any atom is -1.00 e. The maximum Gasteiger partial charge on any atom is 0.324 e. The Morgan fingerprint density at radius 2 is 2.15 bits per heavy atom. The molecule has 13 heavy (non-hydrogen) atoms. The van der Waals surface area contributed by atoms with Gasteiger partial charge in [0, 0.05) is 0 Å². The van der Waals surface area contributed by atoms with Gasteiger partial charge in [-0.3, -0.25) is 4.79 Å². The number of hydrogen-bond acceptors (Lipinski definition) is 2. The topological polar surface area (TPSA) is 63.3 Å². The Bertz CT molecular complexity index is 195. The first-order chi connectivity index (χ1) is 5.22. The summed E-state index contributed by atoms with van der Waals surface area (Å²) in [5.74, 6) is -0.918. The van der Waals surface area contributed by atoms with E-state index in [0.717, 1.165) is 31.3 Å². The normalized spacial score (nSPS) is 17.5. The molecule has 1 aliphatic carbocycles. The molecule has 0 heterocycles. The van der Waals surface area contributed by atoms with E-state index in [4.69, 9.17) is 10.8 Å². The van der Waals surface area contributed by atoms with E-state index in [1.54, 1.807) is 0 Å². The molecule has 0 fully saturated rings. The van der Waals surface area contributed by atoms with Gasteiger partial charge in [-0.25, -0.2) is 0 Å². The van der Waals surface area contributed by atoms with E-state index < -0.39 is 12.0 Å². The predicted molar refractivity (Wildman–Crippen MR) is 49.4 cm³/mol. The smallest absolute Gasteiger partial charge is 0.324 e. The summed E-state index contributed by atoms with van der Waals surface area (Å²) in [6, 6.07) is -0.768. The van der Waals surface area contributed by atoms with Crippen LogP contribution >= 0.6 is 12.4 Å². The molecule has 1 aliphatic rings. The Morgan fingerprint density at radius 3 is 2.54 bits per heavy atom. The molecule has 0 aromatic heterocycles. The third kappa shape index (κ3) is 4.50. The lowest BCUT2D eigenvalue weighted by atomic mass is 9.94. The highest BCUT2D eigenvalue weighted by Crippen LogP contribution is 2.19. The van der Waals surface area contributed by atoms with Gasteiger partial charge in [0.2, 0.25) is 0 Å². The Balaban J connectivity index is 0. The number of nitrogens with two attached hydrogens (primary N) is 1. The molecule has 3 nitrogen and oxygen atoms in total. The van der Waals surface area contributed by atoms with Crippen molar-refractivity contribution in [3.63, 3.8) is 0 Å². The molecule has 0 spiro atoms. The number of allylic oxidation sites excluding steroid dienone is 1. The highest BCUT2D eigenvalue weighted by Gasteiger charge is 2.17. The summed E-state index contributed by atoms with van der Waals surface area (Å²) >= 11 is 0. The van der Waals surface area contributed by atoms with Crippen molar-refractivity contribution >= 4 is 18.4 Å². The second-order valence-corrected chi connectivity index (χ2v) is 2.84. The van der Waals surface area contributed by atoms with Crippen molar-refractivity contribution in [1.82, 2.24) is 0 Å². The Kier molecular flexibility index (Phi) is 8.42. The standard InChI is InChI=1S/C8H13NO2.2ClH/c9-7(8(10)11)6-4-2-1-3-5-6;;/h4,7H,1-3,5,9H2,(H,10,11);2*1H/p-1. The number of hydrogen-bond donors (Lipinski definition) is 2. The fourth-order valence-electron chi connectivity index (χ4n) is 1.30. The largest absolute Gasteiger partial charge is 1.00 e. The number of aliphatic carboxylic acids is 1. The number of carboxylic acid groups (broad SMARTS) is 1. The molecule has 0 aromatic rings. The van der Waals surface area contributed by atoms with Gasteiger partial charge in [0.25, 0.3) is 0 Å². The van der Waals surface area contributed by atoms with Crippen molar-refractivity contribution in [2.45, 2.75) is 31.7 Å². The Labute approximate surface area is 90.2 Å². The molecule has 3 N–H and O–H groups in total. The van der Waals surface area contributed by atoms with E-state index in [9.17, 15) is 4.79 Å². The Hall–Kier alpha value is -0.250. The average molecular weight is 227 g/mol. The Morgan fingerprint density at radius 1 is 1.54 bits per heavy atom. The fraction of sp³-hybridized carbons (Fsp3) is 0.625. The summed E-state index contributed by atoms with van der Waals surface area (Å²) in [5.41, 5.74) is 6.32. The summed E-state index contributed by atoms with van der Waals surface area (Å²) in [4.78, 5) is 10.4. The maximum atomic E-state index is 10.4. The van der Waals surface area contributed by atoms with Crippen molar-refractivity contribution in [3.05, 3.63) is 11.6 Å². The van der Waals surface area contributed by atoms with Gasteiger partial charge in [0.05, 0.1) is 0 Å². The first kappa shape index (κ1) is 15.2. The van der Waals surface area contributed by atoms with Crippen molar-refractivity contribution < 1.29 is 22.3 Å². The van der Waals surface area contributed by atoms with Crippen LogP contribution in [-0.4, -0.2) is 17.1 Å². The summed E-state index contributed by atoms with van der Waals surface area (Å²) in [6.45, 7) is 0. The van der Waals surface area contributed by atoms with E-state index in [2.05, 4.69) is 0 Å². The van der Waals surface area contributed by atoms with Crippen LogP contribution in [0.2, 0.25) is 0 Å². The van der Waals surface area contributed by atoms with E-state index in [0.29, 0.717) is 0 Å². The van der Waals surface area contributed by atoms with Crippen LogP contribution < -0.4 is 18.1 Å². The van der Waals surface area contributed by atoms with Crippen molar-refractivity contribution in [1.29, 1.82) is 0 Å². The first-order valence-electron chi connectivity index (χ1n) is 3.89. The van der Waals surface area contributed by atoms with E-state index in [1.807, 2.05) is 6.08 Å². The van der Waals surface area contributed by atoms with Gasteiger partial charge >= 0.3 is 5.97 Å². The molecular weight excluding hydrogens is 213 g/mol. The fourth-order valence-corrected chi connectivity index (χ4v) is 1.30. The van der Waals surface area contributed by atoms with Crippen LogP contribution in [0.4, 0.5) is 0 Å². The van der Waals surface area contributed by atoms with Gasteiger partial charge < -0.3 is 23.2 Å². The zero-order chi connectivity index (χ0) is 8.27. The quantitative estimate of drug-likeness (QED) is 0.554. The van der Waals surface area contributed by atoms with Crippen molar-refractivity contribution in [2.24, 2.45) is 5.73 Å². The maximum absolute atomic E-state index is 10.4. The molecule has 0 saturated heterocycles. The molecule has 0 saturated carbocycles. The highest BCUT2D eigenvalue weighted by molar-refractivity contribution is 5.85.